The van der Waals surface area contributed by atoms with Crippen LogP contribution < -0.4 is 4.74 Å². The van der Waals surface area contributed by atoms with Gasteiger partial charge in [-0.25, -0.2) is 9.69 Å². The first-order chi connectivity index (χ1) is 12.7. The summed E-state index contributed by atoms with van der Waals surface area (Å²) in [6, 6.07) is 17.4. The van der Waals surface area contributed by atoms with Crippen LogP contribution in [-0.4, -0.2) is 36.7 Å². The molecule has 0 spiro atoms. The maximum Gasteiger partial charge on any atom is 0.416 e. The average molecular weight is 353 g/mol. The third-order valence-corrected chi connectivity index (χ3v) is 4.56. The van der Waals surface area contributed by atoms with Crippen molar-refractivity contribution in [2.45, 2.75) is 31.7 Å². The van der Waals surface area contributed by atoms with Gasteiger partial charge in [-0.2, -0.15) is 0 Å². The maximum absolute atomic E-state index is 12.6. The summed E-state index contributed by atoms with van der Waals surface area (Å²) in [5, 5.41) is 0. The van der Waals surface area contributed by atoms with Gasteiger partial charge < -0.3 is 9.47 Å². The van der Waals surface area contributed by atoms with Crippen LogP contribution in [0.2, 0.25) is 0 Å². The van der Waals surface area contributed by atoms with Crippen LogP contribution in [0.3, 0.4) is 0 Å². The minimum Gasteiger partial charge on any atom is -0.497 e. The fourth-order valence-corrected chi connectivity index (χ4v) is 3.16. The monoisotopic (exact) mass is 353 g/mol. The number of imide groups is 1. The summed E-state index contributed by atoms with van der Waals surface area (Å²) in [4.78, 5) is 25.8. The zero-order chi connectivity index (χ0) is 18.4. The number of carbonyl (C=O) groups excluding carboxylic acids is 2. The van der Waals surface area contributed by atoms with Crippen molar-refractivity contribution in [1.29, 1.82) is 0 Å². The number of benzene rings is 2. The topological polar surface area (TPSA) is 55.8 Å². The van der Waals surface area contributed by atoms with Gasteiger partial charge >= 0.3 is 6.09 Å². The van der Waals surface area contributed by atoms with E-state index in [0.717, 1.165) is 23.3 Å². The normalized spacial score (nSPS) is 16.4. The Kier molecular flexibility index (Phi) is 5.89. The van der Waals surface area contributed by atoms with Gasteiger partial charge in [0, 0.05) is 6.42 Å². The van der Waals surface area contributed by atoms with Crippen LogP contribution in [0.5, 0.6) is 5.75 Å². The van der Waals surface area contributed by atoms with Crippen LogP contribution in [-0.2, 0) is 22.4 Å². The molecule has 136 valence electrons. The van der Waals surface area contributed by atoms with E-state index in [1.807, 2.05) is 54.6 Å². The minimum atomic E-state index is -0.527. The van der Waals surface area contributed by atoms with Gasteiger partial charge in [0.15, 0.2) is 0 Å². The van der Waals surface area contributed by atoms with Crippen molar-refractivity contribution in [2.24, 2.45) is 0 Å². The lowest BCUT2D eigenvalue weighted by Gasteiger charge is -2.19. The Balaban J connectivity index is 1.53. The molecule has 0 aromatic heterocycles. The molecule has 0 saturated carbocycles. The van der Waals surface area contributed by atoms with Crippen LogP contribution in [0.15, 0.2) is 54.6 Å². The average Bonchev–Trinajstić information content (AvgIpc) is 3.03. The molecule has 1 atom stereocenters. The molecule has 0 bridgehead atoms. The molecule has 5 heteroatoms. The van der Waals surface area contributed by atoms with Crippen LogP contribution in [0.25, 0.3) is 0 Å². The van der Waals surface area contributed by atoms with Gasteiger partial charge in [-0.15, -0.1) is 0 Å². The molecule has 0 radical (unpaired) electrons. The fourth-order valence-electron chi connectivity index (χ4n) is 3.16. The van der Waals surface area contributed by atoms with E-state index in [1.165, 1.54) is 4.90 Å². The van der Waals surface area contributed by atoms with Crippen molar-refractivity contribution in [1.82, 2.24) is 4.90 Å². The van der Waals surface area contributed by atoms with Crippen molar-refractivity contribution < 1.29 is 19.1 Å². The summed E-state index contributed by atoms with van der Waals surface area (Å²) in [7, 11) is 1.63. The third-order valence-electron chi connectivity index (χ3n) is 4.56. The number of hydrogen-bond acceptors (Lipinski definition) is 4. The van der Waals surface area contributed by atoms with Gasteiger partial charge in [0.2, 0.25) is 5.91 Å². The molecule has 0 N–H and O–H groups in total. The number of aryl methyl sites for hydroxylation is 1. The zero-order valence-electron chi connectivity index (χ0n) is 14.9. The molecule has 5 nitrogen and oxygen atoms in total. The Morgan fingerprint density at radius 2 is 1.85 bits per heavy atom. The first-order valence-electron chi connectivity index (χ1n) is 8.83. The Morgan fingerprint density at radius 3 is 2.54 bits per heavy atom. The van der Waals surface area contributed by atoms with E-state index >= 15 is 0 Å². The number of nitrogens with zero attached hydrogens (tertiary/aromatic N) is 1. The highest BCUT2D eigenvalue weighted by atomic mass is 16.6. The van der Waals surface area contributed by atoms with Gasteiger partial charge in [-0.1, -0.05) is 42.5 Å². The lowest BCUT2D eigenvalue weighted by Crippen LogP contribution is -2.40. The molecule has 1 aliphatic rings. The number of cyclic esters (lactones) is 1. The van der Waals surface area contributed by atoms with Crippen molar-refractivity contribution in [2.75, 3.05) is 13.7 Å². The van der Waals surface area contributed by atoms with E-state index in [1.54, 1.807) is 7.11 Å². The van der Waals surface area contributed by atoms with E-state index < -0.39 is 6.09 Å². The lowest BCUT2D eigenvalue weighted by atomic mass is 10.0. The standard InChI is InChI=1S/C21H23NO4/c1-25-19-12-10-16(11-13-19)8-5-9-20(23)22-18(15-26-21(22)24)14-17-6-3-2-4-7-17/h2-4,6-7,10-13,18H,5,8-9,14-15H2,1H3/t18-/m1/s1. The van der Waals surface area contributed by atoms with Gasteiger partial charge in [0.1, 0.15) is 12.4 Å². The van der Waals surface area contributed by atoms with Crippen LogP contribution in [0, 0.1) is 0 Å². The SMILES string of the molecule is COc1ccc(CCCC(=O)N2C(=O)OC[C@H]2Cc2ccccc2)cc1. The van der Waals surface area contributed by atoms with Crippen LogP contribution >= 0.6 is 0 Å². The summed E-state index contributed by atoms with van der Waals surface area (Å²) in [5.41, 5.74) is 2.23. The van der Waals surface area contributed by atoms with Gasteiger partial charge in [-0.3, -0.25) is 4.79 Å². The van der Waals surface area contributed by atoms with E-state index in [9.17, 15) is 9.59 Å². The predicted octanol–water partition coefficient (Wildman–Crippen LogP) is 3.61. The van der Waals surface area contributed by atoms with E-state index in [4.69, 9.17) is 9.47 Å². The second-order valence-corrected chi connectivity index (χ2v) is 6.39. The van der Waals surface area contributed by atoms with Crippen molar-refractivity contribution in [3.8, 4) is 5.75 Å². The van der Waals surface area contributed by atoms with Crippen molar-refractivity contribution in [3.63, 3.8) is 0 Å². The second kappa shape index (κ2) is 8.52. The molecule has 2 amide bonds. The van der Waals surface area contributed by atoms with Crippen molar-refractivity contribution in [3.05, 3.63) is 65.7 Å². The number of carbonyl (C=O) groups is 2. The highest BCUT2D eigenvalue weighted by Crippen LogP contribution is 2.20. The Bertz CT molecular complexity index is 742. The number of methoxy groups -OCH3 is 1. The van der Waals surface area contributed by atoms with Crippen LogP contribution in [0.1, 0.15) is 24.0 Å². The maximum atomic E-state index is 12.6. The van der Waals surface area contributed by atoms with Crippen LogP contribution in [0.4, 0.5) is 4.79 Å². The molecule has 2 aromatic carbocycles. The number of rotatable bonds is 7. The Morgan fingerprint density at radius 1 is 1.12 bits per heavy atom. The van der Waals surface area contributed by atoms with Gasteiger partial charge in [0.25, 0.3) is 0 Å². The Hall–Kier alpha value is -2.82. The summed E-state index contributed by atoms with van der Waals surface area (Å²) in [6.07, 6.45) is 1.89. The highest BCUT2D eigenvalue weighted by molar-refractivity contribution is 5.93. The summed E-state index contributed by atoms with van der Waals surface area (Å²) in [6.45, 7) is 0.262. The number of hydrogen-bond donors (Lipinski definition) is 0. The fraction of sp³-hybridized carbons (Fsp3) is 0.333. The van der Waals surface area contributed by atoms with Gasteiger partial charge in [-0.05, 0) is 42.5 Å². The third kappa shape index (κ3) is 4.42. The molecule has 1 fully saturated rings. The second-order valence-electron chi connectivity index (χ2n) is 6.39. The molecule has 1 heterocycles. The highest BCUT2D eigenvalue weighted by Gasteiger charge is 2.37. The molecule has 0 aliphatic carbocycles. The first-order valence-corrected chi connectivity index (χ1v) is 8.83. The number of ether oxygens (including phenoxy) is 2. The molecule has 0 unspecified atom stereocenters. The van der Waals surface area contributed by atoms with Gasteiger partial charge in [0.05, 0.1) is 13.2 Å². The molecular formula is C21H23NO4. The summed E-state index contributed by atoms with van der Waals surface area (Å²) >= 11 is 0. The lowest BCUT2D eigenvalue weighted by molar-refractivity contribution is -0.129. The predicted molar refractivity (Wildman–Crippen MR) is 98.1 cm³/mol. The molecule has 26 heavy (non-hydrogen) atoms. The van der Waals surface area contributed by atoms with E-state index in [2.05, 4.69) is 0 Å². The smallest absolute Gasteiger partial charge is 0.416 e. The molecule has 3 rings (SSSR count). The first kappa shape index (κ1) is 18.0. The summed E-state index contributed by atoms with van der Waals surface area (Å²) < 4.78 is 10.3. The van der Waals surface area contributed by atoms with Crippen molar-refractivity contribution >= 4 is 12.0 Å². The van der Waals surface area contributed by atoms with E-state index in [-0.39, 0.29) is 18.6 Å². The molecule has 1 saturated heterocycles. The zero-order valence-corrected chi connectivity index (χ0v) is 14.9. The number of amides is 2. The minimum absolute atomic E-state index is 0.165. The molecule has 2 aromatic rings. The molecular weight excluding hydrogens is 330 g/mol. The summed E-state index contributed by atoms with van der Waals surface area (Å²) in [5.74, 6) is 0.648. The Labute approximate surface area is 153 Å². The largest absolute Gasteiger partial charge is 0.497 e. The quantitative estimate of drug-likeness (QED) is 0.763. The van der Waals surface area contributed by atoms with E-state index in [0.29, 0.717) is 19.3 Å². The molecule has 1 aliphatic heterocycles.